The number of amides is 1. The molecule has 2 nitrogen and oxygen atoms in total. The van der Waals surface area contributed by atoms with Crippen LogP contribution in [0.25, 0.3) is 0 Å². The minimum atomic E-state index is 0. The molecule has 0 aliphatic rings. The van der Waals surface area contributed by atoms with E-state index in [-0.39, 0.29) is 7.33 Å². The maximum atomic E-state index is 10.5. The zero-order valence-electron chi connectivity index (χ0n) is 11.2. The van der Waals surface area contributed by atoms with Crippen molar-refractivity contribution in [2.45, 2.75) is 66.7 Å². The number of nitrogens with one attached hydrogen (secondary N) is 1. The Labute approximate surface area is 97.3 Å². The number of carbonyl (C=O) groups excluding carboxylic acids is 1. The maximum Gasteiger partial charge on any atom is 0.216 e. The summed E-state index contributed by atoms with van der Waals surface area (Å²) in [5.74, 6) is 0.914. The van der Waals surface area contributed by atoms with Crippen molar-refractivity contribution < 1.29 is 6.22 Å². The highest BCUT2D eigenvalue weighted by atomic mass is 16.1. The van der Waals surface area contributed by atoms with Gasteiger partial charge in [0.1, 0.15) is 0 Å². The predicted molar refractivity (Wildman–Crippen MR) is 70.1 cm³/mol. The van der Waals surface area contributed by atoms with Gasteiger partial charge < -0.3 is 5.32 Å². The summed E-state index contributed by atoms with van der Waals surface area (Å²) in [6, 6.07) is 0. The minimum Gasteiger partial charge on any atom is -0.356 e. The predicted octanol–water partition coefficient (Wildman–Crippen LogP) is 4.00. The third kappa shape index (κ3) is 19.8. The molecule has 0 spiro atoms. The third-order valence-electron chi connectivity index (χ3n) is 2.08. The molecule has 0 saturated carbocycles. The van der Waals surface area contributed by atoms with Crippen LogP contribution >= 0.6 is 0 Å². The van der Waals surface area contributed by atoms with Crippen molar-refractivity contribution in [1.82, 2.24) is 5.32 Å². The lowest BCUT2D eigenvalue weighted by molar-refractivity contribution is -0.118. The smallest absolute Gasteiger partial charge is 0.216 e. The van der Waals surface area contributed by atoms with Crippen LogP contribution in [0.2, 0.25) is 0 Å². The van der Waals surface area contributed by atoms with E-state index >= 15 is 0 Å². The highest BCUT2D eigenvalue weighted by molar-refractivity contribution is 5.72. The second-order valence-corrected chi connectivity index (χ2v) is 4.08. The zero-order chi connectivity index (χ0) is 12.1. The molecule has 15 heavy (non-hydrogen) atoms. The fourth-order valence-corrected chi connectivity index (χ4v) is 1.30. The van der Waals surface area contributed by atoms with E-state index in [1.165, 1.54) is 25.7 Å². The van der Waals surface area contributed by atoms with Crippen molar-refractivity contribution in [3.8, 4) is 0 Å². The minimum absolute atomic E-state index is 0. The highest BCUT2D eigenvalue weighted by Gasteiger charge is 1.94. The Hall–Kier alpha value is -0.530. The zero-order valence-corrected chi connectivity index (χ0v) is 11.2. The van der Waals surface area contributed by atoms with Crippen molar-refractivity contribution >= 4 is 5.91 Å². The first-order valence-electron chi connectivity index (χ1n) is 6.37. The van der Waals surface area contributed by atoms with Crippen molar-refractivity contribution in [3.05, 3.63) is 0 Å². The van der Waals surface area contributed by atoms with Gasteiger partial charge in [-0.1, -0.05) is 53.4 Å². The molecule has 0 fully saturated rings. The summed E-state index contributed by atoms with van der Waals surface area (Å²) >= 11 is 0. The molecular formula is C13H31NO. The van der Waals surface area contributed by atoms with Crippen LogP contribution in [0.3, 0.4) is 0 Å². The number of hydrogen-bond acceptors (Lipinski definition) is 1. The number of unbranched alkanes of at least 4 members (excludes halogenated alkanes) is 3. The second-order valence-electron chi connectivity index (χ2n) is 4.08. The highest BCUT2D eigenvalue weighted by Crippen LogP contribution is 2.08. The van der Waals surface area contributed by atoms with E-state index < -0.39 is 0 Å². The Morgan fingerprint density at radius 1 is 1.13 bits per heavy atom. The van der Waals surface area contributed by atoms with Gasteiger partial charge in [-0.25, -0.2) is 0 Å². The van der Waals surface area contributed by atoms with E-state index in [9.17, 15) is 4.79 Å². The van der Waals surface area contributed by atoms with E-state index in [0.717, 1.165) is 18.9 Å². The van der Waals surface area contributed by atoms with Crippen LogP contribution in [0.15, 0.2) is 0 Å². The molecule has 1 N–H and O–H groups in total. The van der Waals surface area contributed by atoms with Crippen molar-refractivity contribution in [3.63, 3.8) is 0 Å². The average molecular weight is 217 g/mol. The van der Waals surface area contributed by atoms with Gasteiger partial charge in [0.2, 0.25) is 5.91 Å². The van der Waals surface area contributed by atoms with Crippen LogP contribution < -0.4 is 5.32 Å². The molecule has 0 rings (SSSR count). The summed E-state index contributed by atoms with van der Waals surface area (Å²) in [5.41, 5.74) is 0. The van der Waals surface area contributed by atoms with Gasteiger partial charge in [0.05, 0.1) is 0 Å². The molecule has 0 aromatic heterocycles. The van der Waals surface area contributed by atoms with Crippen molar-refractivity contribution in [2.24, 2.45) is 5.92 Å². The van der Waals surface area contributed by atoms with Gasteiger partial charge in [-0.15, -0.1) is 0 Å². The summed E-state index contributed by atoms with van der Waals surface area (Å²) in [6.45, 7) is 10.9. The molecule has 0 aliphatic carbocycles. The summed E-state index contributed by atoms with van der Waals surface area (Å²) < 4.78 is 0. The molecule has 0 atom stereocenters. The van der Waals surface area contributed by atoms with Crippen molar-refractivity contribution in [1.29, 1.82) is 0 Å². The number of rotatable bonds is 7. The number of hydrogen-bond donors (Lipinski definition) is 1. The van der Waals surface area contributed by atoms with Crippen LogP contribution in [0.5, 0.6) is 0 Å². The van der Waals surface area contributed by atoms with Gasteiger partial charge in [0, 0.05) is 14.9 Å². The Morgan fingerprint density at radius 3 is 2.13 bits per heavy atom. The Morgan fingerprint density at radius 2 is 1.67 bits per heavy atom. The first kappa shape index (κ1) is 16.9. The average Bonchev–Trinajstić information content (AvgIpc) is 2.18. The molecule has 0 bridgehead atoms. The van der Waals surface area contributed by atoms with Crippen LogP contribution in [0, 0.1) is 5.92 Å². The van der Waals surface area contributed by atoms with E-state index in [1.54, 1.807) is 6.92 Å². The molecule has 0 aromatic rings. The molecule has 0 heterocycles. The molecule has 2 heteroatoms. The van der Waals surface area contributed by atoms with Gasteiger partial charge in [0.25, 0.3) is 0 Å². The van der Waals surface area contributed by atoms with E-state index in [1.807, 2.05) is 13.8 Å². The third-order valence-corrected chi connectivity index (χ3v) is 2.08. The quantitative estimate of drug-likeness (QED) is 0.642. The molecule has 94 valence electrons. The van der Waals surface area contributed by atoms with Crippen molar-refractivity contribution in [2.75, 3.05) is 6.54 Å². The van der Waals surface area contributed by atoms with Gasteiger partial charge >= 0.3 is 0 Å². The first-order chi connectivity index (χ1) is 7.13. The van der Waals surface area contributed by atoms with Crippen LogP contribution in [0.1, 0.15) is 68.1 Å². The second kappa shape index (κ2) is 13.5. The van der Waals surface area contributed by atoms with Gasteiger partial charge in [-0.3, -0.25) is 4.79 Å². The van der Waals surface area contributed by atoms with E-state index in [0.29, 0.717) is 0 Å². The first-order valence-corrected chi connectivity index (χ1v) is 6.37. The fraction of sp³-hybridized carbons (Fsp3) is 0.923. The lowest BCUT2D eigenvalue weighted by Crippen LogP contribution is -2.20. The Bertz CT molecular complexity index is 138. The van der Waals surface area contributed by atoms with Gasteiger partial charge in [-0.05, 0) is 12.3 Å². The monoisotopic (exact) mass is 217 g/mol. The van der Waals surface area contributed by atoms with E-state index in [2.05, 4.69) is 19.2 Å². The van der Waals surface area contributed by atoms with Gasteiger partial charge in [0.15, 0.2) is 0 Å². The Balaban J connectivity index is -0.000000529. The summed E-state index contributed by atoms with van der Waals surface area (Å²) in [4.78, 5) is 10.5. The molecule has 0 radical (unpaired) electrons. The molecular weight excluding hydrogens is 186 g/mol. The van der Waals surface area contributed by atoms with Crippen LogP contribution in [0.4, 0.5) is 0 Å². The van der Waals surface area contributed by atoms with Gasteiger partial charge in [-0.2, -0.15) is 0 Å². The fourth-order valence-electron chi connectivity index (χ4n) is 1.30. The lowest BCUT2D eigenvalue weighted by atomic mass is 10.0. The Kier molecular flexibility index (Phi) is 15.2. The largest absolute Gasteiger partial charge is 0.356 e. The van der Waals surface area contributed by atoms with Crippen LogP contribution in [-0.4, -0.2) is 12.5 Å². The SMILES string of the molecule is CC.CC(=O)NCCCCCCC(C)C.[HH]. The molecule has 1 amide bonds. The van der Waals surface area contributed by atoms with E-state index in [4.69, 9.17) is 0 Å². The molecule has 0 unspecified atom stereocenters. The molecule has 0 aromatic carbocycles. The lowest BCUT2D eigenvalue weighted by Gasteiger charge is -2.04. The number of carbonyl (C=O) groups is 1. The summed E-state index contributed by atoms with van der Waals surface area (Å²) in [5, 5.41) is 2.81. The summed E-state index contributed by atoms with van der Waals surface area (Å²) in [6.07, 6.45) is 6.33. The molecule has 0 saturated heterocycles. The molecule has 0 aliphatic heterocycles. The summed E-state index contributed by atoms with van der Waals surface area (Å²) in [7, 11) is 0. The topological polar surface area (TPSA) is 29.1 Å². The standard InChI is InChI=1S/C11H23NO.C2H6.H2/c1-10(2)8-6-4-5-7-9-12-11(3)13;1-2;/h10H,4-9H2,1-3H3,(H,12,13);1-2H3;1H. The maximum absolute atomic E-state index is 10.5. The van der Waals surface area contributed by atoms with Crippen LogP contribution in [-0.2, 0) is 4.79 Å². The normalized spacial score (nSPS) is 9.47.